The maximum Gasteiger partial charge on any atom is 0.255 e. The van der Waals surface area contributed by atoms with E-state index in [9.17, 15) is 28.0 Å². The molecule has 1 fully saturated rings. The molecule has 0 saturated carbocycles. The van der Waals surface area contributed by atoms with E-state index in [1.807, 2.05) is 30.5 Å². The van der Waals surface area contributed by atoms with Gasteiger partial charge in [0.1, 0.15) is 23.4 Å². The Balaban J connectivity index is 0.670. The van der Waals surface area contributed by atoms with Gasteiger partial charge >= 0.3 is 0 Å². The lowest BCUT2D eigenvalue weighted by atomic mass is 9.95. The maximum absolute atomic E-state index is 14.9. The third kappa shape index (κ3) is 10.3. The number of imide groups is 1. The minimum absolute atomic E-state index is 0.0637. The fraction of sp³-hybridized carbons (Fsp3) is 0.271. The molecule has 0 radical (unpaired) electrons. The van der Waals surface area contributed by atoms with Crippen LogP contribution in [0.15, 0.2) is 96.2 Å². The predicted octanol–water partition coefficient (Wildman–Crippen LogP) is 5.84. The first kappa shape index (κ1) is 45.8. The van der Waals surface area contributed by atoms with Gasteiger partial charge in [-0.25, -0.2) is 23.4 Å². The first-order valence-corrected chi connectivity index (χ1v) is 22.3. The minimum Gasteiger partial charge on any atom is -0.379 e. The number of carbonyl (C=O) groups is 4. The highest BCUT2D eigenvalue weighted by molar-refractivity contribution is 6.31. The van der Waals surface area contributed by atoms with Crippen molar-refractivity contribution in [3.63, 3.8) is 0 Å². The zero-order chi connectivity index (χ0) is 47.1. The summed E-state index contributed by atoms with van der Waals surface area (Å²) in [5.74, 6) is -2.54. The third-order valence-electron chi connectivity index (χ3n) is 11.6. The fourth-order valence-electron chi connectivity index (χ4n) is 8.19. The molecule has 0 aliphatic carbocycles. The van der Waals surface area contributed by atoms with Gasteiger partial charge in [0, 0.05) is 75.5 Å². The number of rotatable bonds is 18. The Morgan fingerprint density at radius 1 is 0.912 bits per heavy atom. The van der Waals surface area contributed by atoms with E-state index in [0.717, 1.165) is 11.3 Å². The van der Waals surface area contributed by atoms with Crippen LogP contribution in [0, 0.1) is 11.6 Å². The summed E-state index contributed by atoms with van der Waals surface area (Å²) >= 11 is 6.36. The predicted molar refractivity (Wildman–Crippen MR) is 247 cm³/mol. The number of anilines is 3. The molecular formula is C48H44ClF2N11O6. The van der Waals surface area contributed by atoms with Gasteiger partial charge < -0.3 is 30.3 Å². The molecule has 68 heavy (non-hydrogen) atoms. The second kappa shape index (κ2) is 20.7. The number of hydrogen-bond acceptors (Lipinski definition) is 13. The lowest BCUT2D eigenvalue weighted by Gasteiger charge is -2.29. The molecule has 2 aromatic heterocycles. The Bertz CT molecular complexity index is 2910. The van der Waals surface area contributed by atoms with Crippen molar-refractivity contribution in [3.8, 4) is 22.5 Å². The van der Waals surface area contributed by atoms with Gasteiger partial charge in [0.2, 0.25) is 23.7 Å². The normalized spacial score (nSPS) is 15.3. The summed E-state index contributed by atoms with van der Waals surface area (Å²) in [6, 6.07) is 20.7. The summed E-state index contributed by atoms with van der Waals surface area (Å²) in [6.45, 7) is 3.07. The van der Waals surface area contributed by atoms with Gasteiger partial charge in [0.05, 0.1) is 62.6 Å². The van der Waals surface area contributed by atoms with Crippen LogP contribution in [-0.2, 0) is 43.5 Å². The maximum atomic E-state index is 14.9. The van der Waals surface area contributed by atoms with Crippen LogP contribution in [0.5, 0.6) is 0 Å². The van der Waals surface area contributed by atoms with Crippen LogP contribution in [0.2, 0.25) is 5.02 Å². The lowest BCUT2D eigenvalue weighted by molar-refractivity contribution is -0.137. The third-order valence-corrected chi connectivity index (χ3v) is 11.8. The molecule has 1 saturated heterocycles. The molecule has 17 nitrogen and oxygen atoms in total. The van der Waals surface area contributed by atoms with Gasteiger partial charge in [-0.2, -0.15) is 0 Å². The Labute approximate surface area is 393 Å². The molecule has 5 heterocycles. The molecule has 3 aliphatic heterocycles. The van der Waals surface area contributed by atoms with Crippen molar-refractivity contribution in [1.82, 2.24) is 40.5 Å². The number of aliphatic imine (C=N–C) groups is 1. The Hall–Kier alpha value is -7.32. The SMILES string of the molecule is O=C1CCC(N2Cc3c(NC(=O)CNCCCOCCOCCn4cc(-c5ccc(Nc6ncc7c(n6)-c6ccc(Cl)cc6C(c6c(F)cccc6F)=NC7)cc5)nn4)cccc3C2=O)C(=O)N1. The van der Waals surface area contributed by atoms with Crippen LogP contribution in [0.4, 0.5) is 26.1 Å². The van der Waals surface area contributed by atoms with Crippen LogP contribution < -0.4 is 21.3 Å². The molecule has 4 aromatic carbocycles. The van der Waals surface area contributed by atoms with Gasteiger partial charge in [-0.3, -0.25) is 29.5 Å². The average molecular weight is 944 g/mol. The molecule has 6 aromatic rings. The van der Waals surface area contributed by atoms with Crippen molar-refractivity contribution in [3.05, 3.63) is 136 Å². The summed E-state index contributed by atoms with van der Waals surface area (Å²) < 4.78 is 43.0. The van der Waals surface area contributed by atoms with Crippen LogP contribution in [-0.4, -0.2) is 105 Å². The van der Waals surface area contributed by atoms with Crippen molar-refractivity contribution in [1.29, 1.82) is 0 Å². The molecule has 0 bridgehead atoms. The lowest BCUT2D eigenvalue weighted by Crippen LogP contribution is -2.52. The number of benzene rings is 4. The summed E-state index contributed by atoms with van der Waals surface area (Å²) in [7, 11) is 0. The van der Waals surface area contributed by atoms with Crippen LogP contribution in [0.25, 0.3) is 22.5 Å². The van der Waals surface area contributed by atoms with Crippen molar-refractivity contribution < 1.29 is 37.4 Å². The number of nitrogens with one attached hydrogen (secondary N) is 4. The van der Waals surface area contributed by atoms with E-state index < -0.39 is 23.6 Å². The van der Waals surface area contributed by atoms with Crippen molar-refractivity contribution >= 4 is 58.3 Å². The van der Waals surface area contributed by atoms with Crippen molar-refractivity contribution in [2.45, 2.75) is 44.9 Å². The van der Waals surface area contributed by atoms with E-state index in [0.29, 0.717) is 102 Å². The molecule has 4 N–H and O–H groups in total. The first-order chi connectivity index (χ1) is 33.1. The number of hydrogen-bond donors (Lipinski definition) is 4. The fourth-order valence-corrected chi connectivity index (χ4v) is 8.37. The summed E-state index contributed by atoms with van der Waals surface area (Å²) in [4.78, 5) is 65.1. The molecule has 20 heteroatoms. The zero-order valence-electron chi connectivity index (χ0n) is 36.4. The number of amides is 4. The second-order valence-electron chi connectivity index (χ2n) is 16.1. The topological polar surface area (TPSA) is 207 Å². The summed E-state index contributed by atoms with van der Waals surface area (Å²) in [5.41, 5.74) is 6.09. The van der Waals surface area contributed by atoms with E-state index in [-0.39, 0.29) is 61.5 Å². The highest BCUT2D eigenvalue weighted by atomic mass is 35.5. The number of nitrogens with zero attached hydrogens (tertiary/aromatic N) is 7. The molecule has 3 aliphatic rings. The summed E-state index contributed by atoms with van der Waals surface area (Å²) in [6.07, 6.45) is 4.59. The highest BCUT2D eigenvalue weighted by Crippen LogP contribution is 2.36. The molecule has 1 atom stereocenters. The first-order valence-electron chi connectivity index (χ1n) is 21.9. The monoisotopic (exact) mass is 943 g/mol. The van der Waals surface area contributed by atoms with E-state index in [1.54, 1.807) is 47.3 Å². The van der Waals surface area contributed by atoms with Gasteiger partial charge in [-0.05, 0) is 67.9 Å². The van der Waals surface area contributed by atoms with Gasteiger partial charge in [0.15, 0.2) is 0 Å². The minimum atomic E-state index is -0.732. The smallest absolute Gasteiger partial charge is 0.255 e. The van der Waals surface area contributed by atoms with Crippen molar-refractivity contribution in [2.24, 2.45) is 4.99 Å². The number of carbonyl (C=O) groups excluding carboxylic acids is 4. The molecule has 9 rings (SSSR count). The largest absolute Gasteiger partial charge is 0.379 e. The Morgan fingerprint density at radius 2 is 1.71 bits per heavy atom. The average Bonchev–Trinajstić information content (AvgIpc) is 3.90. The van der Waals surface area contributed by atoms with E-state index >= 15 is 0 Å². The van der Waals surface area contributed by atoms with Crippen LogP contribution in [0.3, 0.4) is 0 Å². The van der Waals surface area contributed by atoms with Crippen LogP contribution in [0.1, 0.15) is 51.9 Å². The van der Waals surface area contributed by atoms with E-state index in [4.69, 9.17) is 26.1 Å². The molecule has 348 valence electrons. The van der Waals surface area contributed by atoms with Crippen molar-refractivity contribution in [2.75, 3.05) is 50.2 Å². The molecule has 1 unspecified atom stereocenters. The van der Waals surface area contributed by atoms with E-state index in [1.165, 1.54) is 23.1 Å². The number of piperidine rings is 1. The zero-order valence-corrected chi connectivity index (χ0v) is 37.2. The number of ether oxygens (including phenoxy) is 2. The van der Waals surface area contributed by atoms with Gasteiger partial charge in [-0.15, -0.1) is 5.10 Å². The Morgan fingerprint density at radius 3 is 2.51 bits per heavy atom. The molecular weight excluding hydrogens is 900 g/mol. The van der Waals surface area contributed by atoms with E-state index in [2.05, 4.69) is 41.6 Å². The van der Waals surface area contributed by atoms with Gasteiger partial charge in [-0.1, -0.05) is 47.1 Å². The Kier molecular flexibility index (Phi) is 13.9. The molecule has 0 spiro atoms. The van der Waals surface area contributed by atoms with Crippen LogP contribution >= 0.6 is 11.6 Å². The number of halogens is 3. The second-order valence-corrected chi connectivity index (χ2v) is 16.6. The molecule has 4 amide bonds. The quantitative estimate of drug-likeness (QED) is 0.0593. The summed E-state index contributed by atoms with van der Waals surface area (Å²) in [5, 5.41) is 20.4. The number of aromatic nitrogens is 5. The standard InChI is InChI=1S/C48H44ClF2N11O6/c49-30-10-13-32-34(22-30)45(43-36(50)5-2-6-37(43)51)53-23-29-24-54-48(58-44(29)32)55-31-11-8-28(9-12-31)39-27-61(60-59-39)17-19-68-21-20-67-18-3-16-52-25-42(64)56-38-7-1-4-33-35(38)26-62(47(33)66)40-14-15-41(63)57-46(40)65/h1-2,4-13,22,24,27,40,52H,3,14-21,23,25-26H2,(H,56,64)(H,54,55,58)(H,57,63,65). The highest BCUT2D eigenvalue weighted by Gasteiger charge is 2.40. The van der Waals surface area contributed by atoms with Gasteiger partial charge in [0.25, 0.3) is 5.91 Å². The number of fused-ring (bicyclic) bond motifs is 4.